The van der Waals surface area contributed by atoms with Gasteiger partial charge in [0.25, 0.3) is 5.91 Å². The van der Waals surface area contributed by atoms with Crippen molar-refractivity contribution in [1.29, 1.82) is 0 Å². The SMILES string of the molecule is CN1C(=O)COc2ccc(C(=O)C3CO3)cc21. The van der Waals surface area contributed by atoms with Crippen LogP contribution in [0.5, 0.6) is 5.75 Å². The molecule has 2 aliphatic rings. The van der Waals surface area contributed by atoms with Crippen LogP contribution in [-0.2, 0) is 9.53 Å². The molecule has 5 heteroatoms. The minimum absolute atomic E-state index is 0.0424. The van der Waals surface area contributed by atoms with Gasteiger partial charge in [0.2, 0.25) is 0 Å². The van der Waals surface area contributed by atoms with Crippen LogP contribution >= 0.6 is 0 Å². The summed E-state index contributed by atoms with van der Waals surface area (Å²) in [5, 5.41) is 0. The molecule has 0 bridgehead atoms. The molecule has 17 heavy (non-hydrogen) atoms. The molecule has 0 N–H and O–H groups in total. The lowest BCUT2D eigenvalue weighted by atomic mass is 10.1. The summed E-state index contributed by atoms with van der Waals surface area (Å²) >= 11 is 0. The highest BCUT2D eigenvalue weighted by atomic mass is 16.6. The molecule has 0 spiro atoms. The Kier molecular flexibility index (Phi) is 2.16. The van der Waals surface area contributed by atoms with Gasteiger partial charge in [0, 0.05) is 12.6 Å². The number of likely N-dealkylation sites (N-methyl/N-ethyl adjacent to an activating group) is 1. The molecule has 3 rings (SSSR count). The fourth-order valence-electron chi connectivity index (χ4n) is 1.81. The van der Waals surface area contributed by atoms with E-state index in [0.29, 0.717) is 23.6 Å². The molecule has 1 atom stereocenters. The first kappa shape index (κ1) is 10.3. The van der Waals surface area contributed by atoms with Crippen molar-refractivity contribution in [3.63, 3.8) is 0 Å². The number of hydrogen-bond donors (Lipinski definition) is 0. The van der Waals surface area contributed by atoms with Crippen molar-refractivity contribution in [1.82, 2.24) is 0 Å². The van der Waals surface area contributed by atoms with Gasteiger partial charge in [-0.25, -0.2) is 0 Å². The number of epoxide rings is 1. The normalized spacial score (nSPS) is 21.8. The zero-order valence-electron chi connectivity index (χ0n) is 9.30. The predicted molar refractivity (Wildman–Crippen MR) is 59.4 cm³/mol. The lowest BCUT2D eigenvalue weighted by Crippen LogP contribution is -2.35. The van der Waals surface area contributed by atoms with E-state index in [-0.39, 0.29) is 24.4 Å². The van der Waals surface area contributed by atoms with Gasteiger partial charge in [0.15, 0.2) is 12.4 Å². The first-order valence-corrected chi connectivity index (χ1v) is 5.36. The number of ether oxygens (including phenoxy) is 2. The van der Waals surface area contributed by atoms with Crippen LogP contribution in [0.1, 0.15) is 10.4 Å². The molecule has 0 saturated carbocycles. The van der Waals surface area contributed by atoms with Crippen LogP contribution in [0.3, 0.4) is 0 Å². The van der Waals surface area contributed by atoms with Crippen molar-refractivity contribution in [3.05, 3.63) is 23.8 Å². The number of hydrogen-bond acceptors (Lipinski definition) is 4. The number of amides is 1. The Balaban J connectivity index is 1.99. The van der Waals surface area contributed by atoms with E-state index in [1.54, 1.807) is 25.2 Å². The van der Waals surface area contributed by atoms with Gasteiger partial charge in [-0.15, -0.1) is 0 Å². The van der Waals surface area contributed by atoms with Gasteiger partial charge in [-0.1, -0.05) is 0 Å². The number of fused-ring (bicyclic) bond motifs is 1. The summed E-state index contributed by atoms with van der Waals surface area (Å²) < 4.78 is 10.2. The maximum absolute atomic E-state index is 11.8. The summed E-state index contributed by atoms with van der Waals surface area (Å²) in [5.41, 5.74) is 1.18. The molecule has 2 heterocycles. The van der Waals surface area contributed by atoms with E-state index in [0.717, 1.165) is 0 Å². The maximum Gasteiger partial charge on any atom is 0.264 e. The van der Waals surface area contributed by atoms with Crippen molar-refractivity contribution >= 4 is 17.4 Å². The summed E-state index contributed by atoms with van der Waals surface area (Å²) in [6.07, 6.45) is -0.307. The Hall–Kier alpha value is -1.88. The quantitative estimate of drug-likeness (QED) is 0.555. The average Bonchev–Trinajstić information content (AvgIpc) is 3.17. The van der Waals surface area contributed by atoms with Gasteiger partial charge >= 0.3 is 0 Å². The Morgan fingerprint density at radius 1 is 1.47 bits per heavy atom. The number of anilines is 1. The van der Waals surface area contributed by atoms with E-state index in [4.69, 9.17) is 9.47 Å². The minimum Gasteiger partial charge on any atom is -0.482 e. The molecule has 0 radical (unpaired) electrons. The molecule has 1 unspecified atom stereocenters. The highest BCUT2D eigenvalue weighted by Crippen LogP contribution is 2.32. The molecular formula is C12H11NO4. The first-order valence-electron chi connectivity index (χ1n) is 5.36. The smallest absolute Gasteiger partial charge is 0.264 e. The highest BCUT2D eigenvalue weighted by molar-refractivity contribution is 6.04. The second-order valence-corrected chi connectivity index (χ2v) is 4.11. The molecule has 1 aromatic rings. The highest BCUT2D eigenvalue weighted by Gasteiger charge is 2.33. The third-order valence-electron chi connectivity index (χ3n) is 2.96. The van der Waals surface area contributed by atoms with Crippen LogP contribution < -0.4 is 9.64 Å². The van der Waals surface area contributed by atoms with Crippen molar-refractivity contribution in [3.8, 4) is 5.75 Å². The number of carbonyl (C=O) groups excluding carboxylic acids is 2. The zero-order valence-corrected chi connectivity index (χ0v) is 9.30. The van der Waals surface area contributed by atoms with Gasteiger partial charge in [-0.05, 0) is 18.2 Å². The summed E-state index contributed by atoms with van der Waals surface area (Å²) in [6, 6.07) is 5.09. The number of nitrogens with zero attached hydrogens (tertiary/aromatic N) is 1. The third-order valence-corrected chi connectivity index (χ3v) is 2.96. The molecule has 0 aromatic heterocycles. The van der Waals surface area contributed by atoms with Gasteiger partial charge in [-0.3, -0.25) is 9.59 Å². The fourth-order valence-corrected chi connectivity index (χ4v) is 1.81. The Labute approximate surface area is 97.9 Å². The average molecular weight is 233 g/mol. The summed E-state index contributed by atoms with van der Waals surface area (Å²) in [5.74, 6) is 0.462. The van der Waals surface area contributed by atoms with Crippen LogP contribution in [0.15, 0.2) is 18.2 Å². The van der Waals surface area contributed by atoms with Crippen LogP contribution in [0, 0.1) is 0 Å². The number of carbonyl (C=O) groups is 2. The molecule has 1 fully saturated rings. The number of rotatable bonds is 2. The van der Waals surface area contributed by atoms with Gasteiger partial charge < -0.3 is 14.4 Å². The Bertz CT molecular complexity index is 507. The van der Waals surface area contributed by atoms with E-state index < -0.39 is 0 Å². The zero-order chi connectivity index (χ0) is 12.0. The largest absolute Gasteiger partial charge is 0.482 e. The second kappa shape index (κ2) is 3.56. The molecule has 2 aliphatic heterocycles. The van der Waals surface area contributed by atoms with Crippen LogP contribution in [-0.4, -0.2) is 38.1 Å². The third kappa shape index (κ3) is 1.68. The molecule has 1 amide bonds. The van der Waals surface area contributed by atoms with Gasteiger partial charge in [-0.2, -0.15) is 0 Å². The fraction of sp³-hybridized carbons (Fsp3) is 0.333. The summed E-state index contributed by atoms with van der Waals surface area (Å²) in [6.45, 7) is 0.531. The lowest BCUT2D eigenvalue weighted by molar-refractivity contribution is -0.120. The van der Waals surface area contributed by atoms with Crippen molar-refractivity contribution in [2.45, 2.75) is 6.10 Å². The molecule has 0 aliphatic carbocycles. The summed E-state index contributed by atoms with van der Waals surface area (Å²) in [7, 11) is 1.67. The van der Waals surface area contributed by atoms with Crippen molar-refractivity contribution in [2.75, 3.05) is 25.2 Å². The van der Waals surface area contributed by atoms with Crippen LogP contribution in [0.4, 0.5) is 5.69 Å². The molecule has 88 valence electrons. The van der Waals surface area contributed by atoms with Crippen LogP contribution in [0.25, 0.3) is 0 Å². The summed E-state index contributed by atoms with van der Waals surface area (Å²) in [4.78, 5) is 24.8. The number of Topliss-reactive ketones (excluding diaryl/α,β-unsaturated/α-hetero) is 1. The van der Waals surface area contributed by atoms with E-state index in [1.165, 1.54) is 4.90 Å². The predicted octanol–water partition coefficient (Wildman–Crippen LogP) is 0.623. The monoisotopic (exact) mass is 233 g/mol. The molecule has 1 saturated heterocycles. The van der Waals surface area contributed by atoms with Gasteiger partial charge in [0.05, 0.1) is 12.3 Å². The van der Waals surface area contributed by atoms with E-state index in [2.05, 4.69) is 0 Å². The standard InChI is InChI=1S/C12H11NO4/c1-13-8-4-7(12(15)10-5-16-10)2-3-9(8)17-6-11(13)14/h2-4,10H,5-6H2,1H3. The lowest BCUT2D eigenvalue weighted by Gasteiger charge is -2.26. The van der Waals surface area contributed by atoms with E-state index in [9.17, 15) is 9.59 Å². The Morgan fingerprint density at radius 3 is 2.94 bits per heavy atom. The van der Waals surface area contributed by atoms with E-state index >= 15 is 0 Å². The molecule has 5 nitrogen and oxygen atoms in total. The molecule has 1 aromatic carbocycles. The minimum atomic E-state index is -0.307. The van der Waals surface area contributed by atoms with Gasteiger partial charge in [0.1, 0.15) is 11.9 Å². The maximum atomic E-state index is 11.8. The number of ketones is 1. The topological polar surface area (TPSA) is 59.1 Å². The Morgan fingerprint density at radius 2 is 2.24 bits per heavy atom. The van der Waals surface area contributed by atoms with Crippen LogP contribution in [0.2, 0.25) is 0 Å². The second-order valence-electron chi connectivity index (χ2n) is 4.11. The van der Waals surface area contributed by atoms with E-state index in [1.807, 2.05) is 0 Å². The van der Waals surface area contributed by atoms with Crippen molar-refractivity contribution in [2.24, 2.45) is 0 Å². The first-order chi connectivity index (χ1) is 8.16. The van der Waals surface area contributed by atoms with Crippen molar-refractivity contribution < 1.29 is 19.1 Å². The molecular weight excluding hydrogens is 222 g/mol. The number of benzene rings is 1.